The molecule has 0 aromatic carbocycles. The fraction of sp³-hybridized carbons (Fsp3) is 0.933. The molecule has 2 rings (SSSR count). The van der Waals surface area contributed by atoms with Crippen molar-refractivity contribution >= 4 is 5.97 Å². The van der Waals surface area contributed by atoms with Crippen molar-refractivity contribution in [1.82, 2.24) is 4.90 Å². The highest BCUT2D eigenvalue weighted by Gasteiger charge is 2.40. The summed E-state index contributed by atoms with van der Waals surface area (Å²) in [5, 5.41) is 9.25. The molecule has 0 heterocycles. The van der Waals surface area contributed by atoms with E-state index in [2.05, 4.69) is 11.9 Å². The molecule has 2 aliphatic rings. The van der Waals surface area contributed by atoms with Crippen molar-refractivity contribution in [3.63, 3.8) is 0 Å². The number of aliphatic carboxylic acids is 1. The topological polar surface area (TPSA) is 40.5 Å². The fourth-order valence-electron chi connectivity index (χ4n) is 4.00. The van der Waals surface area contributed by atoms with Crippen molar-refractivity contribution in [2.45, 2.75) is 82.2 Å². The van der Waals surface area contributed by atoms with E-state index in [0.717, 1.165) is 12.8 Å². The quantitative estimate of drug-likeness (QED) is 0.834. The van der Waals surface area contributed by atoms with Gasteiger partial charge in [0, 0.05) is 11.6 Å². The molecule has 0 atom stereocenters. The van der Waals surface area contributed by atoms with E-state index >= 15 is 0 Å². The lowest BCUT2D eigenvalue weighted by molar-refractivity contribution is -0.141. The van der Waals surface area contributed by atoms with Crippen molar-refractivity contribution in [1.29, 1.82) is 0 Å². The molecule has 3 heteroatoms. The van der Waals surface area contributed by atoms with Crippen LogP contribution < -0.4 is 0 Å². The summed E-state index contributed by atoms with van der Waals surface area (Å²) in [7, 11) is 2.18. The first-order valence-corrected chi connectivity index (χ1v) is 7.59. The Morgan fingerprint density at radius 1 is 1.11 bits per heavy atom. The number of hydrogen-bond donors (Lipinski definition) is 1. The standard InChI is InChI=1S/C15H27NO2/c1-16(13-8-4-2-5-9-13)15(12-14(17)18)10-6-3-7-11-15/h13H,2-12H2,1H3,(H,17,18). The molecule has 104 valence electrons. The predicted molar refractivity (Wildman–Crippen MR) is 72.7 cm³/mol. The Morgan fingerprint density at radius 3 is 2.22 bits per heavy atom. The van der Waals surface area contributed by atoms with Crippen LogP contribution in [0.3, 0.4) is 0 Å². The zero-order valence-corrected chi connectivity index (χ0v) is 11.7. The van der Waals surface area contributed by atoms with Crippen LogP contribution in [0.1, 0.15) is 70.6 Å². The Bertz CT molecular complexity index is 278. The Hall–Kier alpha value is -0.570. The first-order chi connectivity index (χ1) is 8.64. The van der Waals surface area contributed by atoms with Gasteiger partial charge in [0.05, 0.1) is 6.42 Å². The minimum Gasteiger partial charge on any atom is -0.481 e. The van der Waals surface area contributed by atoms with Crippen LogP contribution in [0.4, 0.5) is 0 Å². The van der Waals surface area contributed by atoms with Crippen LogP contribution in [0, 0.1) is 0 Å². The molecule has 0 bridgehead atoms. The van der Waals surface area contributed by atoms with Crippen molar-refractivity contribution in [3.05, 3.63) is 0 Å². The maximum atomic E-state index is 11.2. The Kier molecular flexibility index (Phi) is 4.66. The van der Waals surface area contributed by atoms with Crippen molar-refractivity contribution in [2.24, 2.45) is 0 Å². The lowest BCUT2D eigenvalue weighted by Gasteiger charge is -2.48. The normalized spacial score (nSPS) is 25.2. The summed E-state index contributed by atoms with van der Waals surface area (Å²) >= 11 is 0. The molecule has 18 heavy (non-hydrogen) atoms. The van der Waals surface area contributed by atoms with Crippen LogP contribution in [0.5, 0.6) is 0 Å². The van der Waals surface area contributed by atoms with Crippen LogP contribution >= 0.6 is 0 Å². The maximum Gasteiger partial charge on any atom is 0.305 e. The smallest absolute Gasteiger partial charge is 0.305 e. The first kappa shape index (κ1) is 13.9. The van der Waals surface area contributed by atoms with Gasteiger partial charge in [-0.3, -0.25) is 9.69 Å². The average Bonchev–Trinajstić information content (AvgIpc) is 2.39. The Labute approximate surface area is 111 Å². The maximum absolute atomic E-state index is 11.2. The zero-order valence-electron chi connectivity index (χ0n) is 11.7. The first-order valence-electron chi connectivity index (χ1n) is 7.59. The molecule has 0 unspecified atom stereocenters. The number of carboxylic acids is 1. The van der Waals surface area contributed by atoms with Gasteiger partial charge in [0.25, 0.3) is 0 Å². The Balaban J connectivity index is 2.08. The molecule has 2 saturated carbocycles. The summed E-state index contributed by atoms with van der Waals surface area (Å²) in [6.07, 6.45) is 12.7. The summed E-state index contributed by atoms with van der Waals surface area (Å²) in [5.74, 6) is -0.625. The number of carbonyl (C=O) groups is 1. The van der Waals surface area contributed by atoms with E-state index in [1.807, 2.05) is 0 Å². The second-order valence-electron chi connectivity index (χ2n) is 6.26. The highest BCUT2D eigenvalue weighted by Crippen LogP contribution is 2.39. The van der Waals surface area contributed by atoms with Crippen LogP contribution in [-0.4, -0.2) is 34.6 Å². The van der Waals surface area contributed by atoms with Gasteiger partial charge in [0.1, 0.15) is 0 Å². The lowest BCUT2D eigenvalue weighted by atomic mass is 9.76. The number of hydrogen-bond acceptors (Lipinski definition) is 2. The van der Waals surface area contributed by atoms with Gasteiger partial charge in [-0.15, -0.1) is 0 Å². The van der Waals surface area contributed by atoms with Crippen LogP contribution in [0.2, 0.25) is 0 Å². The van der Waals surface area contributed by atoms with E-state index in [1.165, 1.54) is 51.4 Å². The summed E-state index contributed by atoms with van der Waals surface area (Å²) in [4.78, 5) is 13.7. The zero-order chi connectivity index (χ0) is 13.0. The number of rotatable bonds is 4. The molecule has 0 radical (unpaired) electrons. The van der Waals surface area contributed by atoms with Gasteiger partial charge < -0.3 is 5.11 Å². The van der Waals surface area contributed by atoms with Crippen LogP contribution in [0.25, 0.3) is 0 Å². The van der Waals surface area contributed by atoms with E-state index in [0.29, 0.717) is 12.5 Å². The monoisotopic (exact) mass is 253 g/mol. The molecule has 0 saturated heterocycles. The summed E-state index contributed by atoms with van der Waals surface area (Å²) in [5.41, 5.74) is -0.0495. The van der Waals surface area contributed by atoms with Gasteiger partial charge in [0.15, 0.2) is 0 Å². The molecule has 0 spiro atoms. The summed E-state index contributed by atoms with van der Waals surface area (Å²) in [6, 6.07) is 0.621. The van der Waals surface area contributed by atoms with E-state index in [9.17, 15) is 9.90 Å². The molecular weight excluding hydrogens is 226 g/mol. The summed E-state index contributed by atoms with van der Waals surface area (Å²) in [6.45, 7) is 0. The van der Waals surface area contributed by atoms with Gasteiger partial charge in [0.2, 0.25) is 0 Å². The van der Waals surface area contributed by atoms with Gasteiger partial charge >= 0.3 is 5.97 Å². The minimum absolute atomic E-state index is 0.0495. The van der Waals surface area contributed by atoms with E-state index in [-0.39, 0.29) is 5.54 Å². The van der Waals surface area contributed by atoms with Gasteiger partial charge in [-0.1, -0.05) is 38.5 Å². The minimum atomic E-state index is -0.625. The molecule has 0 aliphatic heterocycles. The van der Waals surface area contributed by atoms with Crippen LogP contribution in [-0.2, 0) is 4.79 Å². The lowest BCUT2D eigenvalue weighted by Crippen LogP contribution is -2.54. The van der Waals surface area contributed by atoms with Crippen LogP contribution in [0.15, 0.2) is 0 Å². The van der Waals surface area contributed by atoms with Gasteiger partial charge in [-0.25, -0.2) is 0 Å². The third kappa shape index (κ3) is 3.05. The highest BCUT2D eigenvalue weighted by molar-refractivity contribution is 5.68. The second kappa shape index (κ2) is 6.05. The fourth-order valence-corrected chi connectivity index (χ4v) is 4.00. The largest absolute Gasteiger partial charge is 0.481 e. The van der Waals surface area contributed by atoms with Gasteiger partial charge in [-0.2, -0.15) is 0 Å². The third-order valence-electron chi connectivity index (χ3n) is 5.14. The molecule has 2 fully saturated rings. The van der Waals surface area contributed by atoms with Crippen molar-refractivity contribution in [2.75, 3.05) is 7.05 Å². The van der Waals surface area contributed by atoms with E-state index in [4.69, 9.17) is 0 Å². The highest BCUT2D eigenvalue weighted by atomic mass is 16.4. The number of nitrogens with zero attached hydrogens (tertiary/aromatic N) is 1. The summed E-state index contributed by atoms with van der Waals surface area (Å²) < 4.78 is 0. The Morgan fingerprint density at radius 2 is 1.67 bits per heavy atom. The molecular formula is C15H27NO2. The molecule has 0 aromatic rings. The van der Waals surface area contributed by atoms with E-state index in [1.54, 1.807) is 0 Å². The van der Waals surface area contributed by atoms with Crippen molar-refractivity contribution < 1.29 is 9.90 Å². The van der Waals surface area contributed by atoms with Crippen molar-refractivity contribution in [3.8, 4) is 0 Å². The SMILES string of the molecule is CN(C1CCCCC1)C1(CC(=O)O)CCCCC1. The second-order valence-corrected chi connectivity index (χ2v) is 6.26. The molecule has 0 aromatic heterocycles. The molecule has 0 amide bonds. The molecule has 1 N–H and O–H groups in total. The average molecular weight is 253 g/mol. The van der Waals surface area contributed by atoms with E-state index < -0.39 is 5.97 Å². The predicted octanol–water partition coefficient (Wildman–Crippen LogP) is 3.43. The molecule has 3 nitrogen and oxygen atoms in total. The van der Waals surface area contributed by atoms with Gasteiger partial charge in [-0.05, 0) is 32.7 Å². The third-order valence-corrected chi connectivity index (χ3v) is 5.14. The number of carboxylic acid groups (broad SMARTS) is 1. The molecule has 2 aliphatic carbocycles.